The number of ether oxygens (including phenoxy) is 3. The third-order valence-electron chi connectivity index (χ3n) is 5.60. The van der Waals surface area contributed by atoms with Gasteiger partial charge in [0.15, 0.2) is 0 Å². The van der Waals surface area contributed by atoms with Gasteiger partial charge in [-0.1, -0.05) is 0 Å². The Morgan fingerprint density at radius 2 is 0.871 bits per heavy atom. The number of hydrogen-bond donors (Lipinski definition) is 0. The number of halogens is 8. The lowest BCUT2D eigenvalue weighted by atomic mass is 10.3. The Morgan fingerprint density at radius 3 is 1.10 bits per heavy atom. The van der Waals surface area contributed by atoms with Crippen LogP contribution >= 0.6 is 0 Å². The second kappa shape index (κ2) is 14.5. The predicted octanol–water partition coefficient (Wildman–Crippen LogP) is 3.34. The summed E-state index contributed by atoms with van der Waals surface area (Å²) in [6.45, 7) is 19.2. The van der Waals surface area contributed by atoms with Gasteiger partial charge in [-0.15, -0.1) is 0 Å². The standard InChI is InChI=1S/C16H34N2O3.2BF4/c1-3-17(5-11-19-12-6-17)9-15-21-16-10-18(4-2)7-13-20-14-8-18;2*2-1(3,4)5/h3-16H2,1-2H3;;/q+2;2*-1. The lowest BCUT2D eigenvalue weighted by Gasteiger charge is -2.41. The summed E-state index contributed by atoms with van der Waals surface area (Å²) in [5, 5.41) is 0. The van der Waals surface area contributed by atoms with E-state index in [0.29, 0.717) is 0 Å². The van der Waals surface area contributed by atoms with Crippen LogP contribution in [0, 0.1) is 0 Å². The van der Waals surface area contributed by atoms with Gasteiger partial charge < -0.3 is 57.7 Å². The summed E-state index contributed by atoms with van der Waals surface area (Å²) in [6.07, 6.45) is 0. The van der Waals surface area contributed by atoms with Gasteiger partial charge in [0.05, 0.1) is 52.7 Å². The molecule has 2 rings (SSSR count). The summed E-state index contributed by atoms with van der Waals surface area (Å²) >= 11 is 0. The molecule has 0 saturated carbocycles. The molecule has 2 saturated heterocycles. The summed E-state index contributed by atoms with van der Waals surface area (Å²) in [6, 6.07) is 0. The van der Waals surface area contributed by atoms with Gasteiger partial charge in [-0.25, -0.2) is 0 Å². The van der Waals surface area contributed by atoms with E-state index in [2.05, 4.69) is 13.8 Å². The maximum absolute atomic E-state index is 9.75. The molecule has 2 aliphatic heterocycles. The summed E-state index contributed by atoms with van der Waals surface area (Å²) in [7, 11) is -12.0. The Labute approximate surface area is 179 Å². The molecule has 0 aliphatic carbocycles. The second-order valence-corrected chi connectivity index (χ2v) is 7.48. The molecule has 0 aromatic heterocycles. The lowest BCUT2D eigenvalue weighted by molar-refractivity contribution is -0.936. The van der Waals surface area contributed by atoms with Crippen LogP contribution < -0.4 is 0 Å². The van der Waals surface area contributed by atoms with Crippen LogP contribution in [0.5, 0.6) is 0 Å². The highest BCUT2D eigenvalue weighted by Gasteiger charge is 2.30. The molecule has 0 atom stereocenters. The van der Waals surface area contributed by atoms with Crippen molar-refractivity contribution in [1.82, 2.24) is 0 Å². The molecule has 0 bridgehead atoms. The van der Waals surface area contributed by atoms with Gasteiger partial charge in [-0.3, -0.25) is 0 Å². The molecule has 2 heterocycles. The summed E-state index contributed by atoms with van der Waals surface area (Å²) in [4.78, 5) is 0. The Morgan fingerprint density at radius 1 is 0.613 bits per heavy atom. The molecular weight excluding hydrogens is 442 g/mol. The lowest BCUT2D eigenvalue weighted by Crippen LogP contribution is -2.57. The predicted molar refractivity (Wildman–Crippen MR) is 104 cm³/mol. The topological polar surface area (TPSA) is 27.7 Å². The highest BCUT2D eigenvalue weighted by atomic mass is 19.5. The molecule has 2 fully saturated rings. The fourth-order valence-electron chi connectivity index (χ4n) is 3.47. The van der Waals surface area contributed by atoms with Crippen molar-refractivity contribution in [2.24, 2.45) is 0 Å². The zero-order valence-electron chi connectivity index (χ0n) is 18.2. The van der Waals surface area contributed by atoms with Crippen LogP contribution in [0.25, 0.3) is 0 Å². The minimum Gasteiger partial charge on any atom is -0.418 e. The van der Waals surface area contributed by atoms with Gasteiger partial charge >= 0.3 is 14.5 Å². The van der Waals surface area contributed by atoms with Crippen molar-refractivity contribution in [3.8, 4) is 0 Å². The number of rotatable bonds is 8. The highest BCUT2D eigenvalue weighted by molar-refractivity contribution is 6.50. The number of likely N-dealkylation sites (N-methyl/N-ethyl adjacent to an activating group) is 2. The van der Waals surface area contributed by atoms with Gasteiger partial charge in [-0.2, -0.15) is 0 Å². The largest absolute Gasteiger partial charge is 0.673 e. The van der Waals surface area contributed by atoms with Crippen LogP contribution in [0.4, 0.5) is 34.5 Å². The Kier molecular flexibility index (Phi) is 14.2. The Bertz CT molecular complexity index is 409. The smallest absolute Gasteiger partial charge is 0.418 e. The van der Waals surface area contributed by atoms with Gasteiger partial charge in [0.2, 0.25) is 0 Å². The molecule has 0 N–H and O–H groups in total. The normalized spacial score (nSPS) is 20.7. The van der Waals surface area contributed by atoms with E-state index in [4.69, 9.17) is 14.2 Å². The van der Waals surface area contributed by atoms with Crippen LogP contribution in [0.15, 0.2) is 0 Å². The van der Waals surface area contributed by atoms with Crippen LogP contribution in [0.3, 0.4) is 0 Å². The number of hydrogen-bond acceptors (Lipinski definition) is 3. The zero-order chi connectivity index (χ0) is 24.0. The van der Waals surface area contributed by atoms with Crippen molar-refractivity contribution in [3.05, 3.63) is 0 Å². The molecule has 0 radical (unpaired) electrons. The molecule has 0 amide bonds. The van der Waals surface area contributed by atoms with Crippen molar-refractivity contribution in [3.63, 3.8) is 0 Å². The average Bonchev–Trinajstić information content (AvgIpc) is 2.67. The monoisotopic (exact) mass is 476 g/mol. The van der Waals surface area contributed by atoms with Gasteiger partial charge in [-0.05, 0) is 13.8 Å². The van der Waals surface area contributed by atoms with E-state index >= 15 is 0 Å². The van der Waals surface area contributed by atoms with Crippen molar-refractivity contribution >= 4 is 14.5 Å². The fraction of sp³-hybridized carbons (Fsp3) is 1.00. The second-order valence-electron chi connectivity index (χ2n) is 7.48. The fourth-order valence-corrected chi connectivity index (χ4v) is 3.47. The first-order valence-corrected chi connectivity index (χ1v) is 10.4. The molecule has 0 aromatic rings. The maximum atomic E-state index is 9.75. The van der Waals surface area contributed by atoms with Crippen molar-refractivity contribution in [1.29, 1.82) is 0 Å². The van der Waals surface area contributed by atoms with E-state index in [-0.39, 0.29) is 0 Å². The Hall–Kier alpha value is -0.630. The summed E-state index contributed by atoms with van der Waals surface area (Å²) in [5.74, 6) is 0. The average molecular weight is 476 g/mol. The minimum absolute atomic E-state index is 0.883. The first-order chi connectivity index (χ1) is 14.2. The maximum Gasteiger partial charge on any atom is 0.673 e. The summed E-state index contributed by atoms with van der Waals surface area (Å²) < 4.78 is 97.3. The first kappa shape index (κ1) is 30.4. The Balaban J connectivity index is 0.000000752. The van der Waals surface area contributed by atoms with Crippen LogP contribution in [0.1, 0.15) is 13.8 Å². The van der Waals surface area contributed by atoms with Gasteiger partial charge in [0.25, 0.3) is 0 Å². The van der Waals surface area contributed by atoms with Crippen LogP contribution in [0.2, 0.25) is 0 Å². The number of morpholine rings is 2. The van der Waals surface area contributed by atoms with Crippen LogP contribution in [-0.2, 0) is 14.2 Å². The van der Waals surface area contributed by atoms with Crippen molar-refractivity contribution < 1.29 is 57.7 Å². The van der Waals surface area contributed by atoms with Gasteiger partial charge in [0, 0.05) is 0 Å². The third kappa shape index (κ3) is 17.6. The summed E-state index contributed by atoms with van der Waals surface area (Å²) in [5.41, 5.74) is 0. The number of quaternary nitrogens is 2. The first-order valence-electron chi connectivity index (χ1n) is 10.4. The molecule has 31 heavy (non-hydrogen) atoms. The van der Waals surface area contributed by atoms with Gasteiger partial charge in [0.1, 0.15) is 39.3 Å². The van der Waals surface area contributed by atoms with Crippen LogP contribution in [-0.4, -0.2) is 115 Å². The van der Waals surface area contributed by atoms with E-state index < -0.39 is 14.5 Å². The third-order valence-corrected chi connectivity index (χ3v) is 5.60. The quantitative estimate of drug-likeness (QED) is 0.233. The molecule has 2 aliphatic rings. The van der Waals surface area contributed by atoms with E-state index in [1.165, 1.54) is 22.1 Å². The van der Waals surface area contributed by atoms with E-state index in [1.54, 1.807) is 0 Å². The number of nitrogens with zero attached hydrogens (tertiary/aromatic N) is 2. The minimum atomic E-state index is -6.00. The molecule has 0 unspecified atom stereocenters. The molecule has 188 valence electrons. The van der Waals surface area contributed by atoms with E-state index in [0.717, 1.165) is 78.9 Å². The zero-order valence-corrected chi connectivity index (χ0v) is 18.2. The molecular formula is C16H34B2F8N2O3. The highest BCUT2D eigenvalue weighted by Crippen LogP contribution is 2.12. The van der Waals surface area contributed by atoms with Crippen molar-refractivity contribution in [2.45, 2.75) is 13.8 Å². The van der Waals surface area contributed by atoms with E-state index in [9.17, 15) is 34.5 Å². The SMILES string of the molecule is CC[N+]1(CCOCC[N+]2(CC)CCOCC2)CCOCC1.F[B-](F)(F)F.F[B-](F)(F)F. The molecule has 5 nitrogen and oxygen atoms in total. The van der Waals surface area contributed by atoms with Crippen molar-refractivity contribution in [2.75, 3.05) is 92.0 Å². The molecule has 0 spiro atoms. The van der Waals surface area contributed by atoms with E-state index in [1.807, 2.05) is 0 Å². The molecule has 0 aromatic carbocycles. The molecule has 15 heteroatoms.